The molecule has 0 aliphatic heterocycles. The molecule has 2 N–H and O–H groups in total. The summed E-state index contributed by atoms with van der Waals surface area (Å²) >= 11 is 5.74. The Labute approximate surface area is 136 Å². The third-order valence-corrected chi connectivity index (χ3v) is 3.62. The molecule has 1 heterocycles. The van der Waals surface area contributed by atoms with Gasteiger partial charge in [0.05, 0.1) is 22.6 Å². The SMILES string of the molecule is CC(NCC(O)Cn1cc([N+](=O)[O-])cn1)c1ccc(F)c(Cl)c1. The largest absolute Gasteiger partial charge is 0.390 e. The van der Waals surface area contributed by atoms with E-state index in [0.717, 1.165) is 11.8 Å². The molecule has 1 aromatic heterocycles. The van der Waals surface area contributed by atoms with Crippen molar-refractivity contribution < 1.29 is 14.4 Å². The maximum absolute atomic E-state index is 13.1. The first kappa shape index (κ1) is 17.3. The molecule has 0 bridgehead atoms. The van der Waals surface area contributed by atoms with E-state index in [9.17, 15) is 19.6 Å². The van der Waals surface area contributed by atoms with Gasteiger partial charge >= 0.3 is 5.69 Å². The van der Waals surface area contributed by atoms with Crippen LogP contribution in [0.1, 0.15) is 18.5 Å². The van der Waals surface area contributed by atoms with E-state index in [4.69, 9.17) is 11.6 Å². The van der Waals surface area contributed by atoms with Crippen molar-refractivity contribution in [1.82, 2.24) is 15.1 Å². The zero-order valence-electron chi connectivity index (χ0n) is 12.3. The van der Waals surface area contributed by atoms with Crippen LogP contribution >= 0.6 is 11.6 Å². The molecule has 0 fully saturated rings. The number of nitrogens with one attached hydrogen (secondary N) is 1. The Morgan fingerprint density at radius 3 is 2.91 bits per heavy atom. The van der Waals surface area contributed by atoms with E-state index < -0.39 is 16.8 Å². The first-order chi connectivity index (χ1) is 10.9. The van der Waals surface area contributed by atoms with Gasteiger partial charge in [0.2, 0.25) is 0 Å². The summed E-state index contributed by atoms with van der Waals surface area (Å²) in [5, 5.41) is 27.5. The highest BCUT2D eigenvalue weighted by Crippen LogP contribution is 2.20. The molecule has 0 amide bonds. The molecule has 0 aliphatic rings. The van der Waals surface area contributed by atoms with Crippen molar-refractivity contribution in [1.29, 1.82) is 0 Å². The lowest BCUT2D eigenvalue weighted by molar-refractivity contribution is -0.385. The van der Waals surface area contributed by atoms with Gasteiger partial charge in [-0.15, -0.1) is 0 Å². The van der Waals surface area contributed by atoms with Gasteiger partial charge in [-0.25, -0.2) is 4.39 Å². The summed E-state index contributed by atoms with van der Waals surface area (Å²) < 4.78 is 14.4. The summed E-state index contributed by atoms with van der Waals surface area (Å²) in [5.41, 5.74) is 0.665. The highest BCUT2D eigenvalue weighted by molar-refractivity contribution is 6.30. The molecule has 2 atom stereocenters. The van der Waals surface area contributed by atoms with Crippen LogP contribution in [0.3, 0.4) is 0 Å². The molecule has 23 heavy (non-hydrogen) atoms. The second-order valence-corrected chi connectivity index (χ2v) is 5.54. The van der Waals surface area contributed by atoms with Crippen LogP contribution in [-0.4, -0.2) is 32.5 Å². The van der Waals surface area contributed by atoms with E-state index in [2.05, 4.69) is 10.4 Å². The topological polar surface area (TPSA) is 93.2 Å². The van der Waals surface area contributed by atoms with Gasteiger partial charge in [0.15, 0.2) is 0 Å². The summed E-state index contributed by atoms with van der Waals surface area (Å²) in [6.45, 7) is 2.22. The monoisotopic (exact) mass is 342 g/mol. The zero-order valence-corrected chi connectivity index (χ0v) is 13.1. The molecule has 0 saturated heterocycles. The Kier molecular flexibility index (Phi) is 5.64. The fourth-order valence-electron chi connectivity index (χ4n) is 2.04. The van der Waals surface area contributed by atoms with Crippen molar-refractivity contribution >= 4 is 17.3 Å². The first-order valence-corrected chi connectivity index (χ1v) is 7.28. The molecule has 124 valence electrons. The van der Waals surface area contributed by atoms with E-state index in [-0.39, 0.29) is 29.8 Å². The molecule has 0 spiro atoms. The Morgan fingerprint density at radius 1 is 1.57 bits per heavy atom. The minimum Gasteiger partial charge on any atom is -0.390 e. The predicted octanol–water partition coefficient (Wildman–Crippen LogP) is 2.30. The molecule has 2 aromatic rings. The van der Waals surface area contributed by atoms with Crippen molar-refractivity contribution in [3.63, 3.8) is 0 Å². The lowest BCUT2D eigenvalue weighted by atomic mass is 10.1. The number of halogens is 2. The molecule has 2 rings (SSSR count). The molecule has 2 unspecified atom stereocenters. The van der Waals surface area contributed by atoms with Crippen LogP contribution in [0.25, 0.3) is 0 Å². The van der Waals surface area contributed by atoms with Crippen LogP contribution in [0.15, 0.2) is 30.6 Å². The van der Waals surface area contributed by atoms with Crippen LogP contribution in [-0.2, 0) is 6.54 Å². The Balaban J connectivity index is 1.86. The van der Waals surface area contributed by atoms with Crippen molar-refractivity contribution in [3.05, 3.63) is 57.1 Å². The van der Waals surface area contributed by atoms with E-state index in [1.54, 1.807) is 6.07 Å². The summed E-state index contributed by atoms with van der Waals surface area (Å²) in [7, 11) is 0. The first-order valence-electron chi connectivity index (χ1n) is 6.90. The number of aromatic nitrogens is 2. The second kappa shape index (κ2) is 7.49. The van der Waals surface area contributed by atoms with Crippen LogP contribution < -0.4 is 5.32 Å². The van der Waals surface area contributed by atoms with Gasteiger partial charge in [-0.2, -0.15) is 5.10 Å². The normalized spacial score (nSPS) is 13.7. The van der Waals surface area contributed by atoms with E-state index >= 15 is 0 Å². The molecule has 1 aromatic carbocycles. The molecule has 0 radical (unpaired) electrons. The Hall–Kier alpha value is -2.03. The van der Waals surface area contributed by atoms with E-state index in [1.165, 1.54) is 23.0 Å². The van der Waals surface area contributed by atoms with Crippen molar-refractivity contribution in [2.75, 3.05) is 6.54 Å². The minimum absolute atomic E-state index is 0.0422. The van der Waals surface area contributed by atoms with Gasteiger partial charge < -0.3 is 10.4 Å². The third kappa shape index (κ3) is 4.72. The Morgan fingerprint density at radius 2 is 2.30 bits per heavy atom. The molecule has 0 aliphatic carbocycles. The number of nitro groups is 1. The van der Waals surface area contributed by atoms with Crippen molar-refractivity contribution in [2.24, 2.45) is 0 Å². The average Bonchev–Trinajstić information content (AvgIpc) is 2.96. The van der Waals surface area contributed by atoms with Gasteiger partial charge in [-0.3, -0.25) is 14.8 Å². The smallest absolute Gasteiger partial charge is 0.306 e. The number of benzene rings is 1. The Bertz CT molecular complexity index is 694. The standard InChI is InChI=1S/C14H16ClFN4O3/c1-9(10-2-3-14(16)13(15)4-10)17-6-12(21)8-19-7-11(5-18-19)20(22)23/h2-5,7,9,12,17,21H,6,8H2,1H3. The summed E-state index contributed by atoms with van der Waals surface area (Å²) in [5.74, 6) is -0.483. The quantitative estimate of drug-likeness (QED) is 0.595. The molecule has 0 saturated carbocycles. The summed E-state index contributed by atoms with van der Waals surface area (Å²) in [4.78, 5) is 10.0. The van der Waals surface area contributed by atoms with Crippen molar-refractivity contribution in [3.8, 4) is 0 Å². The van der Waals surface area contributed by atoms with Gasteiger partial charge in [0.25, 0.3) is 0 Å². The number of nitrogens with zero attached hydrogens (tertiary/aromatic N) is 3. The number of hydrogen-bond acceptors (Lipinski definition) is 5. The highest BCUT2D eigenvalue weighted by atomic mass is 35.5. The second-order valence-electron chi connectivity index (χ2n) is 5.13. The fraction of sp³-hybridized carbons (Fsp3) is 0.357. The summed E-state index contributed by atoms with van der Waals surface area (Å²) in [6, 6.07) is 4.28. The van der Waals surface area contributed by atoms with E-state index in [1.807, 2.05) is 6.92 Å². The zero-order chi connectivity index (χ0) is 17.0. The van der Waals surface area contributed by atoms with Crippen LogP contribution in [0.2, 0.25) is 5.02 Å². The summed E-state index contributed by atoms with van der Waals surface area (Å²) in [6.07, 6.45) is 1.60. The van der Waals surface area contributed by atoms with Gasteiger partial charge in [0, 0.05) is 12.6 Å². The predicted molar refractivity (Wildman–Crippen MR) is 82.7 cm³/mol. The molecule has 7 nitrogen and oxygen atoms in total. The van der Waals surface area contributed by atoms with Gasteiger partial charge in [0.1, 0.15) is 18.2 Å². The van der Waals surface area contributed by atoms with Crippen LogP contribution in [0.4, 0.5) is 10.1 Å². The minimum atomic E-state index is -0.784. The maximum Gasteiger partial charge on any atom is 0.306 e. The molecule has 9 heteroatoms. The number of aliphatic hydroxyl groups is 1. The fourth-order valence-corrected chi connectivity index (χ4v) is 2.23. The van der Waals surface area contributed by atoms with Crippen molar-refractivity contribution in [2.45, 2.75) is 25.6 Å². The van der Waals surface area contributed by atoms with Crippen LogP contribution in [0.5, 0.6) is 0 Å². The lowest BCUT2D eigenvalue weighted by Gasteiger charge is -2.17. The highest BCUT2D eigenvalue weighted by Gasteiger charge is 2.14. The third-order valence-electron chi connectivity index (χ3n) is 3.33. The number of rotatable bonds is 7. The van der Waals surface area contributed by atoms with E-state index in [0.29, 0.717) is 0 Å². The lowest BCUT2D eigenvalue weighted by Crippen LogP contribution is -2.32. The molecular weight excluding hydrogens is 327 g/mol. The number of aliphatic hydroxyl groups excluding tert-OH is 1. The van der Waals surface area contributed by atoms with Gasteiger partial charge in [-0.1, -0.05) is 17.7 Å². The maximum atomic E-state index is 13.1. The van der Waals surface area contributed by atoms with Gasteiger partial charge in [-0.05, 0) is 24.6 Å². The molecular formula is C14H16ClFN4O3. The number of hydrogen-bond donors (Lipinski definition) is 2. The average molecular weight is 343 g/mol. The van der Waals surface area contributed by atoms with Crippen LogP contribution in [0, 0.1) is 15.9 Å².